The summed E-state index contributed by atoms with van der Waals surface area (Å²) in [5.41, 5.74) is 3.39. The molecule has 2 aromatic carbocycles. The molecule has 0 bridgehead atoms. The maximum Gasteiger partial charge on any atom is 0.412 e. The van der Waals surface area contributed by atoms with Crippen LogP contribution in [-0.4, -0.2) is 52.1 Å². The van der Waals surface area contributed by atoms with Gasteiger partial charge in [0, 0.05) is 29.7 Å². The van der Waals surface area contributed by atoms with Gasteiger partial charge in [-0.05, 0) is 100 Å². The lowest BCUT2D eigenvalue weighted by molar-refractivity contribution is 0.0222. The Morgan fingerprint density at radius 1 is 0.907 bits per heavy atom. The van der Waals surface area contributed by atoms with Crippen molar-refractivity contribution in [2.45, 2.75) is 46.3 Å². The van der Waals surface area contributed by atoms with Gasteiger partial charge in [0.05, 0.1) is 18.0 Å². The molecule has 1 N–H and O–H groups in total. The quantitative estimate of drug-likeness (QED) is 0.116. The zero-order chi connectivity index (χ0) is 30.8. The van der Waals surface area contributed by atoms with Crippen LogP contribution in [0.5, 0.6) is 0 Å². The smallest absolute Gasteiger partial charge is 0.412 e. The van der Waals surface area contributed by atoms with Crippen LogP contribution in [0.15, 0.2) is 83.0 Å². The predicted octanol–water partition coefficient (Wildman–Crippen LogP) is 7.54. The highest BCUT2D eigenvalue weighted by molar-refractivity contribution is 5.85. The molecule has 0 saturated heterocycles. The summed E-state index contributed by atoms with van der Waals surface area (Å²) in [6.45, 7) is 7.97. The van der Waals surface area contributed by atoms with Crippen molar-refractivity contribution in [1.82, 2.24) is 14.9 Å². The molecule has 11 nitrogen and oxygen atoms in total. The summed E-state index contributed by atoms with van der Waals surface area (Å²) < 4.78 is 10.9. The Hall–Kier alpha value is -5.19. The number of azo groups is 1. The van der Waals surface area contributed by atoms with Gasteiger partial charge in [0.2, 0.25) is 0 Å². The fraction of sp³-hybridized carbons (Fsp3) is 0.281. The van der Waals surface area contributed by atoms with E-state index in [2.05, 4.69) is 25.5 Å². The molecule has 43 heavy (non-hydrogen) atoms. The van der Waals surface area contributed by atoms with Crippen LogP contribution in [0.3, 0.4) is 0 Å². The van der Waals surface area contributed by atoms with Crippen molar-refractivity contribution in [2.75, 3.05) is 18.5 Å². The van der Waals surface area contributed by atoms with E-state index in [1.54, 1.807) is 68.1 Å². The molecule has 222 valence electrons. The summed E-state index contributed by atoms with van der Waals surface area (Å²) in [5, 5.41) is 11.9. The number of hydrogen-bond donors (Lipinski definition) is 1. The van der Waals surface area contributed by atoms with Crippen LogP contribution in [0.1, 0.15) is 48.8 Å². The third-order valence-electron chi connectivity index (χ3n) is 6.00. The molecule has 0 atom stereocenters. The van der Waals surface area contributed by atoms with Gasteiger partial charge in [-0.15, -0.1) is 0 Å². The van der Waals surface area contributed by atoms with E-state index >= 15 is 0 Å². The molecule has 2 amide bonds. The zero-order valence-corrected chi connectivity index (χ0v) is 24.6. The molecule has 0 saturated carbocycles. The minimum Gasteiger partial charge on any atom is -0.449 e. The van der Waals surface area contributed by atoms with E-state index in [9.17, 15) is 14.4 Å². The monoisotopic (exact) mass is 582 g/mol. The molecular weight excluding hydrogens is 548 g/mol. The topological polar surface area (TPSA) is 135 Å². The summed E-state index contributed by atoms with van der Waals surface area (Å²) >= 11 is 0. The lowest BCUT2D eigenvalue weighted by Crippen LogP contribution is -2.37. The first kappa shape index (κ1) is 30.8. The first-order chi connectivity index (χ1) is 20.6. The van der Waals surface area contributed by atoms with E-state index in [-0.39, 0.29) is 6.61 Å². The van der Waals surface area contributed by atoms with Gasteiger partial charge in [-0.3, -0.25) is 10.1 Å². The van der Waals surface area contributed by atoms with Gasteiger partial charge in [-0.2, -0.15) is 10.2 Å². The van der Waals surface area contributed by atoms with Crippen LogP contribution in [0.25, 0.3) is 11.0 Å². The summed E-state index contributed by atoms with van der Waals surface area (Å²) in [5.74, 6) is 0.338. The van der Waals surface area contributed by atoms with Crippen LogP contribution in [0.2, 0.25) is 0 Å². The number of carbonyl (C=O) groups is 3. The first-order valence-corrected chi connectivity index (χ1v) is 13.8. The van der Waals surface area contributed by atoms with Crippen molar-refractivity contribution in [2.24, 2.45) is 10.2 Å². The second kappa shape index (κ2) is 14.1. The van der Waals surface area contributed by atoms with Crippen molar-refractivity contribution in [3.05, 3.63) is 89.6 Å². The molecule has 0 aliphatic heterocycles. The Kier molecular flexibility index (Phi) is 10.1. The lowest BCUT2D eigenvalue weighted by Gasteiger charge is -2.27. The first-order valence-electron chi connectivity index (χ1n) is 13.8. The largest absolute Gasteiger partial charge is 0.449 e. The van der Waals surface area contributed by atoms with E-state index < -0.39 is 17.8 Å². The second-order valence-corrected chi connectivity index (χ2v) is 10.8. The summed E-state index contributed by atoms with van der Waals surface area (Å²) in [4.78, 5) is 46.4. The van der Waals surface area contributed by atoms with Gasteiger partial charge < -0.3 is 14.4 Å². The number of aryl methyl sites for hydroxylation is 1. The maximum atomic E-state index is 12.9. The van der Waals surface area contributed by atoms with E-state index in [4.69, 9.17) is 9.47 Å². The van der Waals surface area contributed by atoms with Gasteiger partial charge in [-0.1, -0.05) is 12.1 Å². The Balaban J connectivity index is 1.31. The highest BCUT2D eigenvalue weighted by atomic mass is 16.6. The molecule has 2 aromatic heterocycles. The van der Waals surface area contributed by atoms with Gasteiger partial charge in [-0.25, -0.2) is 19.6 Å². The summed E-state index contributed by atoms with van der Waals surface area (Å²) in [7, 11) is 0. The molecular formula is C32H34N6O5. The van der Waals surface area contributed by atoms with Crippen LogP contribution in [0.4, 0.5) is 26.8 Å². The molecule has 0 spiro atoms. The average Bonchev–Trinajstić information content (AvgIpc) is 2.97. The third kappa shape index (κ3) is 9.70. The maximum absolute atomic E-state index is 12.9. The van der Waals surface area contributed by atoms with E-state index in [1.807, 2.05) is 37.3 Å². The molecule has 0 unspecified atom stereocenters. The number of ether oxygens (including phenoxy) is 2. The molecule has 0 fully saturated rings. The van der Waals surface area contributed by atoms with Gasteiger partial charge in [0.1, 0.15) is 17.7 Å². The van der Waals surface area contributed by atoms with Gasteiger partial charge in [0.15, 0.2) is 5.65 Å². The van der Waals surface area contributed by atoms with Crippen LogP contribution < -0.4 is 5.32 Å². The number of pyridine rings is 2. The highest BCUT2D eigenvalue weighted by Gasteiger charge is 2.22. The number of hydrogen-bond acceptors (Lipinski definition) is 9. The zero-order valence-electron chi connectivity index (χ0n) is 24.6. The van der Waals surface area contributed by atoms with Crippen molar-refractivity contribution in [1.29, 1.82) is 0 Å². The number of benzene rings is 2. The normalized spacial score (nSPS) is 11.3. The number of carbonyl (C=O) groups excluding carboxylic acids is 3. The fourth-order valence-electron chi connectivity index (χ4n) is 3.91. The van der Waals surface area contributed by atoms with E-state index in [0.29, 0.717) is 47.9 Å². The fourth-order valence-corrected chi connectivity index (χ4v) is 3.91. The van der Waals surface area contributed by atoms with E-state index in [0.717, 1.165) is 22.9 Å². The number of nitrogens with zero attached hydrogens (tertiary/aromatic N) is 5. The Morgan fingerprint density at radius 3 is 2.21 bits per heavy atom. The standard InChI is InChI=1S/C32H34N6O5/c1-22-6-11-25-12-17-28(34-29(25)33-22)35-30(40)42-19-5-18-38(31(41)43-32(2,3)4)20-23-7-13-26(14-8-23)36-37-27-15-9-24(21-39)10-16-27/h6-17,21H,5,18-20H2,1-4H3,(H,33,34,35,40). The lowest BCUT2D eigenvalue weighted by atomic mass is 10.2. The van der Waals surface area contributed by atoms with Crippen molar-refractivity contribution < 1.29 is 23.9 Å². The Bertz CT molecular complexity index is 1600. The van der Waals surface area contributed by atoms with Gasteiger partial charge in [0.25, 0.3) is 0 Å². The van der Waals surface area contributed by atoms with Crippen LogP contribution in [-0.2, 0) is 16.0 Å². The van der Waals surface area contributed by atoms with Gasteiger partial charge >= 0.3 is 12.2 Å². The highest BCUT2D eigenvalue weighted by Crippen LogP contribution is 2.21. The molecule has 11 heteroatoms. The molecule has 4 aromatic rings. The average molecular weight is 583 g/mol. The number of amides is 2. The molecule has 2 heterocycles. The minimum absolute atomic E-state index is 0.0865. The molecule has 4 rings (SSSR count). The number of aromatic nitrogens is 2. The number of nitrogens with one attached hydrogen (secondary N) is 1. The van der Waals surface area contributed by atoms with Crippen LogP contribution >= 0.6 is 0 Å². The van der Waals surface area contributed by atoms with Crippen LogP contribution in [0, 0.1) is 6.92 Å². The molecule has 0 aliphatic carbocycles. The number of fused-ring (bicyclic) bond motifs is 1. The SMILES string of the molecule is Cc1ccc2ccc(NC(=O)OCCCN(Cc3ccc(N=Nc4ccc(C=O)cc4)cc3)C(=O)OC(C)(C)C)nc2n1. The predicted molar refractivity (Wildman–Crippen MR) is 163 cm³/mol. The van der Waals surface area contributed by atoms with Crippen molar-refractivity contribution in [3.8, 4) is 0 Å². The number of rotatable bonds is 10. The Labute approximate surface area is 250 Å². The summed E-state index contributed by atoms with van der Waals surface area (Å²) in [6.07, 6.45) is 0.0528. The van der Waals surface area contributed by atoms with Crippen molar-refractivity contribution >= 4 is 46.7 Å². The molecule has 0 aliphatic rings. The summed E-state index contributed by atoms with van der Waals surface area (Å²) in [6, 6.07) is 21.4. The van der Waals surface area contributed by atoms with Crippen molar-refractivity contribution in [3.63, 3.8) is 0 Å². The van der Waals surface area contributed by atoms with E-state index in [1.165, 1.54) is 0 Å². The number of anilines is 1. The number of aldehydes is 1. The second-order valence-electron chi connectivity index (χ2n) is 10.8. The molecule has 0 radical (unpaired) electrons. The minimum atomic E-state index is -0.667. The third-order valence-corrected chi connectivity index (χ3v) is 6.00. The Morgan fingerprint density at radius 2 is 1.56 bits per heavy atom.